The largest absolute Gasteiger partial charge is 0.497 e. The van der Waals surface area contributed by atoms with Crippen molar-refractivity contribution in [3.8, 4) is 11.8 Å². The summed E-state index contributed by atoms with van der Waals surface area (Å²) < 4.78 is 5.10. The van der Waals surface area contributed by atoms with Gasteiger partial charge < -0.3 is 10.1 Å². The van der Waals surface area contributed by atoms with Crippen molar-refractivity contribution in [2.45, 2.75) is 20.4 Å². The molecule has 3 heteroatoms. The number of ether oxygens (including phenoxy) is 1. The summed E-state index contributed by atoms with van der Waals surface area (Å²) in [7, 11) is 1.66. The summed E-state index contributed by atoms with van der Waals surface area (Å²) in [5.41, 5.74) is 1.20. The summed E-state index contributed by atoms with van der Waals surface area (Å²) in [4.78, 5) is 0. The second kappa shape index (κ2) is 6.93. The van der Waals surface area contributed by atoms with E-state index in [1.807, 2.05) is 24.3 Å². The predicted octanol–water partition coefficient (Wildman–Crippen LogP) is 2.58. The Hall–Kier alpha value is -1.53. The van der Waals surface area contributed by atoms with Crippen molar-refractivity contribution in [2.75, 3.05) is 13.7 Å². The minimum absolute atomic E-state index is 0.0771. The molecule has 0 saturated carbocycles. The lowest BCUT2D eigenvalue weighted by Gasteiger charge is -2.13. The van der Waals surface area contributed by atoms with Gasteiger partial charge in [0.2, 0.25) is 0 Å². The number of methoxy groups -OCH3 is 1. The highest BCUT2D eigenvalue weighted by atomic mass is 16.5. The van der Waals surface area contributed by atoms with Crippen molar-refractivity contribution in [1.82, 2.24) is 5.32 Å². The molecule has 0 radical (unpaired) electrons. The number of hydrogen-bond donors (Lipinski definition) is 1. The zero-order chi connectivity index (χ0) is 12.7. The van der Waals surface area contributed by atoms with Crippen molar-refractivity contribution in [3.63, 3.8) is 0 Å². The van der Waals surface area contributed by atoms with Gasteiger partial charge in [0.05, 0.1) is 19.1 Å². The molecule has 92 valence electrons. The maximum atomic E-state index is 8.96. The molecular weight excluding hydrogens is 212 g/mol. The summed E-state index contributed by atoms with van der Waals surface area (Å²) in [5, 5.41) is 12.3. The van der Waals surface area contributed by atoms with Crippen LogP contribution in [0.5, 0.6) is 5.75 Å². The van der Waals surface area contributed by atoms with Crippen LogP contribution in [0.25, 0.3) is 0 Å². The molecule has 1 unspecified atom stereocenters. The zero-order valence-electron chi connectivity index (χ0n) is 10.7. The first-order valence-electron chi connectivity index (χ1n) is 5.90. The molecule has 0 saturated heterocycles. The highest BCUT2D eigenvalue weighted by molar-refractivity contribution is 5.26. The third-order valence-corrected chi connectivity index (χ3v) is 2.82. The second-order valence-corrected chi connectivity index (χ2v) is 4.46. The Morgan fingerprint density at radius 3 is 2.41 bits per heavy atom. The van der Waals surface area contributed by atoms with Crippen molar-refractivity contribution < 1.29 is 4.74 Å². The first-order valence-corrected chi connectivity index (χ1v) is 5.90. The second-order valence-electron chi connectivity index (χ2n) is 4.46. The Morgan fingerprint density at radius 1 is 1.29 bits per heavy atom. The molecule has 0 heterocycles. The molecule has 1 rings (SSSR count). The van der Waals surface area contributed by atoms with E-state index >= 15 is 0 Å². The topological polar surface area (TPSA) is 45.0 Å². The van der Waals surface area contributed by atoms with Gasteiger partial charge in [0.25, 0.3) is 0 Å². The van der Waals surface area contributed by atoms with Gasteiger partial charge in [-0.3, -0.25) is 0 Å². The van der Waals surface area contributed by atoms with Crippen LogP contribution in [0.3, 0.4) is 0 Å². The maximum Gasteiger partial charge on any atom is 0.118 e. The highest BCUT2D eigenvalue weighted by Gasteiger charge is 2.11. The van der Waals surface area contributed by atoms with E-state index in [1.165, 1.54) is 5.56 Å². The van der Waals surface area contributed by atoms with Crippen molar-refractivity contribution in [2.24, 2.45) is 11.8 Å². The lowest BCUT2D eigenvalue weighted by atomic mass is 9.97. The van der Waals surface area contributed by atoms with E-state index in [0.29, 0.717) is 5.92 Å². The SMILES string of the molecule is COc1ccc(CNCC(C#N)C(C)C)cc1. The molecule has 1 atom stereocenters. The fourth-order valence-corrected chi connectivity index (χ4v) is 1.55. The lowest BCUT2D eigenvalue weighted by molar-refractivity contribution is 0.414. The van der Waals surface area contributed by atoms with Crippen molar-refractivity contribution in [1.29, 1.82) is 5.26 Å². The standard InChI is InChI=1S/C14H20N2O/c1-11(2)13(8-15)10-16-9-12-4-6-14(17-3)7-5-12/h4-7,11,13,16H,9-10H2,1-3H3. The smallest absolute Gasteiger partial charge is 0.118 e. The van der Waals surface area contributed by atoms with Gasteiger partial charge in [0.15, 0.2) is 0 Å². The van der Waals surface area contributed by atoms with Crippen LogP contribution in [0.15, 0.2) is 24.3 Å². The summed E-state index contributed by atoms with van der Waals surface area (Å²) in [5.74, 6) is 1.34. The number of hydrogen-bond acceptors (Lipinski definition) is 3. The van der Waals surface area contributed by atoms with E-state index in [4.69, 9.17) is 10.00 Å². The lowest BCUT2D eigenvalue weighted by Crippen LogP contribution is -2.24. The third-order valence-electron chi connectivity index (χ3n) is 2.82. The Bertz CT molecular complexity index is 365. The maximum absolute atomic E-state index is 8.96. The molecule has 1 N–H and O–H groups in total. The first-order chi connectivity index (χ1) is 8.17. The molecule has 0 aromatic heterocycles. The first kappa shape index (κ1) is 13.5. The number of nitrogens with one attached hydrogen (secondary N) is 1. The molecule has 0 fully saturated rings. The van der Waals surface area contributed by atoms with E-state index in [0.717, 1.165) is 18.8 Å². The van der Waals surface area contributed by atoms with Crippen LogP contribution >= 0.6 is 0 Å². The molecule has 1 aromatic rings. The Kier molecular flexibility index (Phi) is 5.51. The van der Waals surface area contributed by atoms with Crippen LogP contribution in [0.1, 0.15) is 19.4 Å². The minimum atomic E-state index is 0.0771. The van der Waals surface area contributed by atoms with Crippen LogP contribution in [0.4, 0.5) is 0 Å². The van der Waals surface area contributed by atoms with Gasteiger partial charge in [-0.25, -0.2) is 0 Å². The Labute approximate surface area is 103 Å². The minimum Gasteiger partial charge on any atom is -0.497 e. The predicted molar refractivity (Wildman–Crippen MR) is 68.6 cm³/mol. The van der Waals surface area contributed by atoms with Crippen LogP contribution in [0, 0.1) is 23.2 Å². The summed E-state index contributed by atoms with van der Waals surface area (Å²) >= 11 is 0. The molecule has 3 nitrogen and oxygen atoms in total. The molecule has 0 aliphatic rings. The van der Waals surface area contributed by atoms with Crippen LogP contribution in [0.2, 0.25) is 0 Å². The van der Waals surface area contributed by atoms with Crippen molar-refractivity contribution in [3.05, 3.63) is 29.8 Å². The average Bonchev–Trinajstić information content (AvgIpc) is 2.35. The van der Waals surface area contributed by atoms with Gasteiger partial charge in [0.1, 0.15) is 5.75 Å². The van der Waals surface area contributed by atoms with Crippen LogP contribution in [-0.4, -0.2) is 13.7 Å². The summed E-state index contributed by atoms with van der Waals surface area (Å²) in [6, 6.07) is 10.3. The van der Waals surface area contributed by atoms with Crippen LogP contribution < -0.4 is 10.1 Å². The molecule has 0 aliphatic carbocycles. The van der Waals surface area contributed by atoms with Gasteiger partial charge >= 0.3 is 0 Å². The third kappa shape index (κ3) is 4.46. The molecule has 0 bridgehead atoms. The molecule has 0 amide bonds. The molecule has 0 spiro atoms. The summed E-state index contributed by atoms with van der Waals surface area (Å²) in [6.07, 6.45) is 0. The van der Waals surface area contributed by atoms with Crippen molar-refractivity contribution >= 4 is 0 Å². The molecule has 0 aliphatic heterocycles. The molecule has 17 heavy (non-hydrogen) atoms. The number of nitriles is 1. The van der Waals surface area contributed by atoms with Gasteiger partial charge in [-0.05, 0) is 23.6 Å². The number of benzene rings is 1. The number of rotatable bonds is 6. The molecule has 1 aromatic carbocycles. The quantitative estimate of drug-likeness (QED) is 0.820. The Balaban J connectivity index is 2.38. The molecular formula is C14H20N2O. The van der Waals surface area contributed by atoms with E-state index in [-0.39, 0.29) is 5.92 Å². The summed E-state index contributed by atoms with van der Waals surface area (Å²) in [6.45, 7) is 5.67. The fraction of sp³-hybridized carbons (Fsp3) is 0.500. The highest BCUT2D eigenvalue weighted by Crippen LogP contribution is 2.12. The van der Waals surface area contributed by atoms with E-state index in [2.05, 4.69) is 25.2 Å². The van der Waals surface area contributed by atoms with Gasteiger partial charge in [0, 0.05) is 13.1 Å². The van der Waals surface area contributed by atoms with E-state index < -0.39 is 0 Å². The van der Waals surface area contributed by atoms with E-state index in [1.54, 1.807) is 7.11 Å². The average molecular weight is 232 g/mol. The van der Waals surface area contributed by atoms with Gasteiger partial charge in [-0.15, -0.1) is 0 Å². The fourth-order valence-electron chi connectivity index (χ4n) is 1.55. The Morgan fingerprint density at radius 2 is 1.94 bits per heavy atom. The van der Waals surface area contributed by atoms with Gasteiger partial charge in [-0.1, -0.05) is 26.0 Å². The van der Waals surface area contributed by atoms with E-state index in [9.17, 15) is 0 Å². The number of nitrogens with zero attached hydrogens (tertiary/aromatic N) is 1. The van der Waals surface area contributed by atoms with Gasteiger partial charge in [-0.2, -0.15) is 5.26 Å². The normalized spacial score (nSPS) is 12.2. The monoisotopic (exact) mass is 232 g/mol. The zero-order valence-corrected chi connectivity index (χ0v) is 10.7. The van der Waals surface area contributed by atoms with Crippen LogP contribution in [-0.2, 0) is 6.54 Å².